The van der Waals surface area contributed by atoms with Crippen LogP contribution < -0.4 is 0 Å². The summed E-state index contributed by atoms with van der Waals surface area (Å²) in [6.45, 7) is 3.32. The summed E-state index contributed by atoms with van der Waals surface area (Å²) in [6, 6.07) is 0. The van der Waals surface area contributed by atoms with Crippen LogP contribution in [0.5, 0.6) is 0 Å². The Morgan fingerprint density at radius 3 is 1.40 bits per heavy atom. The van der Waals surface area contributed by atoms with Gasteiger partial charge in [0, 0.05) is 0 Å². The molecule has 0 saturated carbocycles. The Hall–Kier alpha value is -0.360. The normalized spacial score (nSPS) is 18.9. The van der Waals surface area contributed by atoms with Crippen LogP contribution in [0.4, 0.5) is 0 Å². The summed E-state index contributed by atoms with van der Waals surface area (Å²) in [5.74, 6) is -2.22. The molecule has 0 rings (SSSR count). The molecule has 0 aromatic heterocycles. The third-order valence-corrected chi connectivity index (χ3v) is 3.88. The maximum Gasteiger partial charge on any atom is 0.319 e. The van der Waals surface area contributed by atoms with Crippen molar-refractivity contribution in [2.24, 2.45) is 0 Å². The summed E-state index contributed by atoms with van der Waals surface area (Å²) in [5, 5.41) is 17.9. The molecule has 0 aliphatic heterocycles. The fraction of sp³-hybridized carbons (Fsp3) is 0.778. The molecule has 0 heterocycles. The van der Waals surface area contributed by atoms with Gasteiger partial charge in [-0.25, -0.2) is 0 Å². The van der Waals surface area contributed by atoms with Gasteiger partial charge in [0.1, 0.15) is 9.49 Å². The maximum absolute atomic E-state index is 11.0. The van der Waals surface area contributed by atoms with Crippen molar-refractivity contribution in [1.29, 1.82) is 0 Å². The predicted molar refractivity (Wildman–Crippen MR) is 63.9 cm³/mol. The average Bonchev–Trinajstić information content (AvgIpc) is 2.16. The molecule has 0 spiro atoms. The van der Waals surface area contributed by atoms with Crippen LogP contribution >= 0.6 is 25.3 Å². The molecule has 88 valence electrons. The molecule has 0 aromatic carbocycles. The number of rotatable bonds is 6. The molecule has 0 aromatic rings. The lowest BCUT2D eigenvalue weighted by Gasteiger charge is -2.31. The topological polar surface area (TPSA) is 74.6 Å². The van der Waals surface area contributed by atoms with Crippen molar-refractivity contribution in [1.82, 2.24) is 0 Å². The third-order valence-electron chi connectivity index (χ3n) is 2.55. The molecule has 0 bridgehead atoms. The minimum absolute atomic E-state index is 0.107. The summed E-state index contributed by atoms with van der Waals surface area (Å²) < 4.78 is -2.67. The monoisotopic (exact) mass is 252 g/mol. The van der Waals surface area contributed by atoms with Crippen LogP contribution in [0.25, 0.3) is 0 Å². The van der Waals surface area contributed by atoms with E-state index in [0.717, 1.165) is 0 Å². The number of carboxylic acids is 2. The van der Waals surface area contributed by atoms with Crippen molar-refractivity contribution >= 4 is 37.2 Å². The van der Waals surface area contributed by atoms with Crippen molar-refractivity contribution in [2.75, 3.05) is 0 Å². The maximum atomic E-state index is 11.0. The lowest BCUT2D eigenvalue weighted by molar-refractivity contribution is -0.143. The van der Waals surface area contributed by atoms with E-state index in [1.54, 1.807) is 13.8 Å². The molecule has 0 saturated heterocycles. The SMILES string of the molecule is CCC(S)(CC(S)(CC)C(=O)O)C(=O)O. The first-order valence-electron chi connectivity index (χ1n) is 4.63. The number of aliphatic carboxylic acids is 2. The van der Waals surface area contributed by atoms with Crippen LogP contribution in [-0.4, -0.2) is 31.6 Å². The second kappa shape index (κ2) is 5.12. The number of hydrogen-bond donors (Lipinski definition) is 4. The van der Waals surface area contributed by atoms with Crippen LogP contribution in [-0.2, 0) is 9.59 Å². The smallest absolute Gasteiger partial charge is 0.319 e. The Bertz CT molecular complexity index is 243. The second-order valence-corrected chi connectivity index (χ2v) is 5.27. The standard InChI is InChI=1S/C9H16O4S2/c1-3-8(14,6(10)11)5-9(15,4-2)7(12)13/h14-15H,3-5H2,1-2H3,(H,10,11)(H,12,13). The van der Waals surface area contributed by atoms with Crippen molar-refractivity contribution in [2.45, 2.75) is 42.6 Å². The van der Waals surface area contributed by atoms with Gasteiger partial charge in [0.05, 0.1) is 0 Å². The van der Waals surface area contributed by atoms with Crippen molar-refractivity contribution in [3.63, 3.8) is 0 Å². The molecule has 15 heavy (non-hydrogen) atoms. The molecule has 0 amide bonds. The molecule has 0 aliphatic rings. The van der Waals surface area contributed by atoms with Gasteiger partial charge in [-0.3, -0.25) is 9.59 Å². The van der Waals surface area contributed by atoms with E-state index in [4.69, 9.17) is 10.2 Å². The molecule has 6 heteroatoms. The summed E-state index contributed by atoms with van der Waals surface area (Å²) in [4.78, 5) is 21.9. The van der Waals surface area contributed by atoms with E-state index in [1.807, 2.05) is 0 Å². The first kappa shape index (κ1) is 14.6. The zero-order valence-electron chi connectivity index (χ0n) is 8.73. The third kappa shape index (κ3) is 3.31. The minimum Gasteiger partial charge on any atom is -0.480 e. The Labute approximate surface area is 99.9 Å². The zero-order valence-corrected chi connectivity index (χ0v) is 10.5. The Kier molecular flexibility index (Phi) is 4.99. The van der Waals surface area contributed by atoms with Gasteiger partial charge in [-0.2, -0.15) is 25.3 Å². The van der Waals surface area contributed by atoms with E-state index < -0.39 is 21.4 Å². The fourth-order valence-electron chi connectivity index (χ4n) is 1.19. The van der Waals surface area contributed by atoms with Gasteiger partial charge in [-0.05, 0) is 19.3 Å². The van der Waals surface area contributed by atoms with Gasteiger partial charge >= 0.3 is 11.9 Å². The minimum atomic E-state index is -1.34. The van der Waals surface area contributed by atoms with Crippen LogP contribution in [0.1, 0.15) is 33.1 Å². The van der Waals surface area contributed by atoms with Crippen molar-refractivity contribution in [3.05, 3.63) is 0 Å². The second-order valence-electron chi connectivity index (χ2n) is 3.56. The first-order valence-corrected chi connectivity index (χ1v) is 5.53. The Morgan fingerprint density at radius 1 is 1.00 bits per heavy atom. The fourth-order valence-corrected chi connectivity index (χ4v) is 1.85. The predicted octanol–water partition coefficient (Wildman–Crippen LogP) is 1.70. The van der Waals surface area contributed by atoms with Gasteiger partial charge in [-0.15, -0.1) is 0 Å². The summed E-state index contributed by atoms with van der Waals surface area (Å²) in [5.41, 5.74) is 0. The van der Waals surface area contributed by atoms with E-state index in [0.29, 0.717) is 0 Å². The van der Waals surface area contributed by atoms with Crippen LogP contribution in [0, 0.1) is 0 Å². The highest BCUT2D eigenvalue weighted by atomic mass is 32.1. The molecule has 2 N–H and O–H groups in total. The Balaban J connectivity index is 4.95. The Morgan fingerprint density at radius 2 is 1.27 bits per heavy atom. The summed E-state index contributed by atoms with van der Waals surface area (Å²) >= 11 is 8.09. The highest BCUT2D eigenvalue weighted by molar-refractivity contribution is 7.83. The van der Waals surface area contributed by atoms with Gasteiger partial charge < -0.3 is 10.2 Å². The molecule has 2 unspecified atom stereocenters. The molecule has 0 fully saturated rings. The van der Waals surface area contributed by atoms with Crippen molar-refractivity contribution in [3.8, 4) is 0 Å². The highest BCUT2D eigenvalue weighted by Gasteiger charge is 2.44. The first-order chi connectivity index (χ1) is 6.72. The molecule has 4 nitrogen and oxygen atoms in total. The lowest BCUT2D eigenvalue weighted by atomic mass is 9.89. The lowest BCUT2D eigenvalue weighted by Crippen LogP contribution is -2.44. The van der Waals surface area contributed by atoms with E-state index in [2.05, 4.69) is 25.3 Å². The number of carboxylic acid groups (broad SMARTS) is 2. The quantitative estimate of drug-likeness (QED) is 0.543. The zero-order chi connectivity index (χ0) is 12.3. The van der Waals surface area contributed by atoms with Gasteiger partial charge in [0.25, 0.3) is 0 Å². The number of carbonyl (C=O) groups is 2. The van der Waals surface area contributed by atoms with Crippen LogP contribution in [0.2, 0.25) is 0 Å². The van der Waals surface area contributed by atoms with Gasteiger partial charge in [0.15, 0.2) is 0 Å². The number of hydrogen-bond acceptors (Lipinski definition) is 4. The number of thiol groups is 2. The molecule has 0 aliphatic carbocycles. The van der Waals surface area contributed by atoms with Crippen LogP contribution in [0.3, 0.4) is 0 Å². The highest BCUT2D eigenvalue weighted by Crippen LogP contribution is 2.36. The largest absolute Gasteiger partial charge is 0.480 e. The van der Waals surface area contributed by atoms with Gasteiger partial charge in [0.2, 0.25) is 0 Å². The molecular weight excluding hydrogens is 236 g/mol. The van der Waals surface area contributed by atoms with E-state index in [-0.39, 0.29) is 19.3 Å². The average molecular weight is 252 g/mol. The summed E-state index contributed by atoms with van der Waals surface area (Å²) in [7, 11) is 0. The summed E-state index contributed by atoms with van der Waals surface area (Å²) in [6.07, 6.45) is 0.395. The van der Waals surface area contributed by atoms with E-state index in [1.165, 1.54) is 0 Å². The molecule has 0 radical (unpaired) electrons. The molecule has 2 atom stereocenters. The van der Waals surface area contributed by atoms with Crippen LogP contribution in [0.15, 0.2) is 0 Å². The van der Waals surface area contributed by atoms with E-state index in [9.17, 15) is 9.59 Å². The van der Waals surface area contributed by atoms with Gasteiger partial charge in [-0.1, -0.05) is 13.8 Å². The van der Waals surface area contributed by atoms with E-state index >= 15 is 0 Å². The van der Waals surface area contributed by atoms with Crippen molar-refractivity contribution < 1.29 is 19.8 Å². The molecular formula is C9H16O4S2.